The number of benzene rings is 1. The van der Waals surface area contributed by atoms with Crippen LogP contribution in [0.5, 0.6) is 0 Å². The van der Waals surface area contributed by atoms with Gasteiger partial charge >= 0.3 is 0 Å². The largest absolute Gasteiger partial charge is 0.313 e. The van der Waals surface area contributed by atoms with Gasteiger partial charge in [-0.15, -0.1) is 0 Å². The van der Waals surface area contributed by atoms with Crippen molar-refractivity contribution in [1.29, 1.82) is 0 Å². The van der Waals surface area contributed by atoms with E-state index in [1.165, 1.54) is 21.1 Å². The summed E-state index contributed by atoms with van der Waals surface area (Å²) in [4.78, 5) is 0. The summed E-state index contributed by atoms with van der Waals surface area (Å²) in [6.45, 7) is 6.72. The maximum atomic E-state index is 3.41. The Balaban J connectivity index is 2.96. The zero-order chi connectivity index (χ0) is 11.4. The van der Waals surface area contributed by atoms with Crippen LogP contribution in [-0.4, -0.2) is 7.05 Å². The van der Waals surface area contributed by atoms with Gasteiger partial charge in [0.2, 0.25) is 0 Å². The van der Waals surface area contributed by atoms with Crippen LogP contribution in [0, 0.1) is 16.4 Å². The minimum Gasteiger partial charge on any atom is -0.313 e. The van der Waals surface area contributed by atoms with E-state index in [0.717, 1.165) is 5.92 Å². The van der Waals surface area contributed by atoms with E-state index in [1.54, 1.807) is 0 Å². The van der Waals surface area contributed by atoms with E-state index in [9.17, 15) is 0 Å². The molecule has 1 nitrogen and oxygen atoms in total. The summed E-state index contributed by atoms with van der Waals surface area (Å²) in [5.41, 5.74) is 2.81. The second-order valence-corrected chi connectivity index (χ2v) is 5.53. The number of halogens is 1. The standard InChI is InChI=1S/C13H20IN/c1-9(2)8-12(15-4)11-7-5-6-10(3)13(11)14/h5-7,9,12,15H,8H2,1-4H3. The number of aryl methyl sites for hydroxylation is 1. The lowest BCUT2D eigenvalue weighted by Crippen LogP contribution is -2.19. The molecule has 1 rings (SSSR count). The summed E-state index contributed by atoms with van der Waals surface area (Å²) < 4.78 is 1.40. The van der Waals surface area contributed by atoms with E-state index in [4.69, 9.17) is 0 Å². The van der Waals surface area contributed by atoms with E-state index in [2.05, 4.69) is 66.9 Å². The number of nitrogens with one attached hydrogen (secondary N) is 1. The molecule has 1 aromatic carbocycles. The first-order chi connectivity index (χ1) is 7.06. The first-order valence-corrected chi connectivity index (χ1v) is 6.56. The summed E-state index contributed by atoms with van der Waals surface area (Å²) in [7, 11) is 2.05. The number of hydrogen-bond donors (Lipinski definition) is 1. The van der Waals surface area contributed by atoms with Gasteiger partial charge in [0, 0.05) is 9.61 Å². The van der Waals surface area contributed by atoms with Crippen molar-refractivity contribution in [3.63, 3.8) is 0 Å². The molecule has 1 N–H and O–H groups in total. The lowest BCUT2D eigenvalue weighted by Gasteiger charge is -2.21. The van der Waals surface area contributed by atoms with Gasteiger partial charge in [-0.25, -0.2) is 0 Å². The lowest BCUT2D eigenvalue weighted by atomic mass is 9.96. The van der Waals surface area contributed by atoms with Gasteiger partial charge in [-0.3, -0.25) is 0 Å². The monoisotopic (exact) mass is 317 g/mol. The summed E-state index contributed by atoms with van der Waals surface area (Å²) in [6, 6.07) is 7.04. The number of hydrogen-bond acceptors (Lipinski definition) is 1. The van der Waals surface area contributed by atoms with Gasteiger partial charge in [0.15, 0.2) is 0 Å². The fourth-order valence-corrected chi connectivity index (χ4v) is 2.55. The molecule has 0 aliphatic heterocycles. The molecule has 1 atom stereocenters. The van der Waals surface area contributed by atoms with E-state index < -0.39 is 0 Å². The highest BCUT2D eigenvalue weighted by Crippen LogP contribution is 2.27. The maximum Gasteiger partial charge on any atom is 0.0330 e. The van der Waals surface area contributed by atoms with Crippen molar-refractivity contribution in [1.82, 2.24) is 5.32 Å². The smallest absolute Gasteiger partial charge is 0.0330 e. The molecule has 0 saturated carbocycles. The van der Waals surface area contributed by atoms with E-state index in [0.29, 0.717) is 6.04 Å². The van der Waals surface area contributed by atoms with Gasteiger partial charge in [0.25, 0.3) is 0 Å². The maximum absolute atomic E-state index is 3.41. The minimum atomic E-state index is 0.483. The van der Waals surface area contributed by atoms with Crippen LogP contribution >= 0.6 is 22.6 Å². The van der Waals surface area contributed by atoms with E-state index in [-0.39, 0.29) is 0 Å². The first kappa shape index (κ1) is 13.0. The second kappa shape index (κ2) is 5.85. The average molecular weight is 317 g/mol. The van der Waals surface area contributed by atoms with Gasteiger partial charge in [0.05, 0.1) is 0 Å². The molecule has 2 heteroatoms. The highest BCUT2D eigenvalue weighted by molar-refractivity contribution is 14.1. The lowest BCUT2D eigenvalue weighted by molar-refractivity contribution is 0.455. The Morgan fingerprint density at radius 1 is 1.33 bits per heavy atom. The molecule has 84 valence electrons. The van der Waals surface area contributed by atoms with Crippen LogP contribution in [0.2, 0.25) is 0 Å². The fourth-order valence-electron chi connectivity index (χ4n) is 1.81. The molecule has 1 aromatic rings. The van der Waals surface area contributed by atoms with E-state index in [1.807, 2.05) is 7.05 Å². The van der Waals surface area contributed by atoms with Gasteiger partial charge in [-0.05, 0) is 60.0 Å². The summed E-state index contributed by atoms with van der Waals surface area (Å²) in [5, 5.41) is 3.41. The Kier molecular flexibility index (Phi) is 5.06. The topological polar surface area (TPSA) is 12.0 Å². The molecule has 0 spiro atoms. The second-order valence-electron chi connectivity index (χ2n) is 4.45. The third-order valence-corrected chi connectivity index (χ3v) is 4.13. The van der Waals surface area contributed by atoms with Gasteiger partial charge < -0.3 is 5.32 Å². The predicted molar refractivity (Wildman–Crippen MR) is 75.2 cm³/mol. The Hall–Kier alpha value is -0.0900. The molecule has 0 saturated heterocycles. The molecule has 15 heavy (non-hydrogen) atoms. The molecule has 0 heterocycles. The summed E-state index contributed by atoms with van der Waals surface area (Å²) >= 11 is 2.45. The van der Waals surface area contributed by atoms with Crippen molar-refractivity contribution < 1.29 is 0 Å². The van der Waals surface area contributed by atoms with Gasteiger partial charge in [-0.1, -0.05) is 32.0 Å². The molecule has 1 unspecified atom stereocenters. The zero-order valence-corrected chi connectivity index (χ0v) is 12.1. The molecule has 0 amide bonds. The summed E-state index contributed by atoms with van der Waals surface area (Å²) in [5.74, 6) is 0.721. The van der Waals surface area contributed by atoms with E-state index >= 15 is 0 Å². The van der Waals surface area contributed by atoms with Gasteiger partial charge in [0.1, 0.15) is 0 Å². The fraction of sp³-hybridized carbons (Fsp3) is 0.538. The number of rotatable bonds is 4. The summed E-state index contributed by atoms with van der Waals surface area (Å²) in [6.07, 6.45) is 1.19. The van der Waals surface area contributed by atoms with Crippen LogP contribution in [0.25, 0.3) is 0 Å². The Morgan fingerprint density at radius 3 is 2.53 bits per heavy atom. The average Bonchev–Trinajstić information content (AvgIpc) is 2.19. The zero-order valence-electron chi connectivity index (χ0n) is 9.97. The van der Waals surface area contributed by atoms with Crippen LogP contribution in [0.3, 0.4) is 0 Å². The normalized spacial score (nSPS) is 13.2. The Morgan fingerprint density at radius 2 is 2.00 bits per heavy atom. The van der Waals surface area contributed by atoms with Crippen molar-refractivity contribution in [2.75, 3.05) is 7.05 Å². The molecule has 0 aromatic heterocycles. The highest BCUT2D eigenvalue weighted by Gasteiger charge is 2.14. The van der Waals surface area contributed by atoms with Crippen LogP contribution in [0.4, 0.5) is 0 Å². The predicted octanol–water partition coefficient (Wildman–Crippen LogP) is 3.91. The minimum absolute atomic E-state index is 0.483. The Bertz CT molecular complexity index is 320. The van der Waals surface area contributed by atoms with Crippen molar-refractivity contribution >= 4 is 22.6 Å². The van der Waals surface area contributed by atoms with Gasteiger partial charge in [-0.2, -0.15) is 0 Å². The van der Waals surface area contributed by atoms with Crippen molar-refractivity contribution in [2.24, 2.45) is 5.92 Å². The van der Waals surface area contributed by atoms with Crippen molar-refractivity contribution in [3.8, 4) is 0 Å². The molecule has 0 bridgehead atoms. The molecule has 0 fully saturated rings. The third-order valence-electron chi connectivity index (χ3n) is 2.65. The SMILES string of the molecule is CNC(CC(C)C)c1cccc(C)c1I. The highest BCUT2D eigenvalue weighted by atomic mass is 127. The molecule has 0 aliphatic carbocycles. The quantitative estimate of drug-likeness (QED) is 0.831. The van der Waals surface area contributed by atoms with Crippen LogP contribution in [0.15, 0.2) is 18.2 Å². The molecular weight excluding hydrogens is 297 g/mol. The van der Waals surface area contributed by atoms with Crippen LogP contribution in [-0.2, 0) is 0 Å². The van der Waals surface area contributed by atoms with Crippen molar-refractivity contribution in [2.45, 2.75) is 33.2 Å². The Labute approximate surface area is 107 Å². The molecule has 0 radical (unpaired) electrons. The van der Waals surface area contributed by atoms with Crippen LogP contribution in [0.1, 0.15) is 37.4 Å². The third kappa shape index (κ3) is 3.45. The van der Waals surface area contributed by atoms with Crippen LogP contribution < -0.4 is 5.32 Å². The molecule has 0 aliphatic rings. The van der Waals surface area contributed by atoms with Crippen molar-refractivity contribution in [3.05, 3.63) is 32.9 Å². The first-order valence-electron chi connectivity index (χ1n) is 5.48. The molecular formula is C13H20IN.